The molecule has 1 aromatic carbocycles. The summed E-state index contributed by atoms with van der Waals surface area (Å²) in [5.41, 5.74) is 1.05. The summed E-state index contributed by atoms with van der Waals surface area (Å²) in [7, 11) is -3.73. The molecule has 3 rings (SSSR count). The van der Waals surface area contributed by atoms with Crippen molar-refractivity contribution in [2.75, 3.05) is 0 Å². The van der Waals surface area contributed by atoms with Crippen LogP contribution in [-0.4, -0.2) is 23.7 Å². The second kappa shape index (κ2) is 5.60. The Bertz CT molecular complexity index is 926. The minimum Gasteiger partial charge on any atom is -0.360 e. The minimum atomic E-state index is -3.73. The summed E-state index contributed by atoms with van der Waals surface area (Å²) < 4.78 is 32.8. The third-order valence-electron chi connectivity index (χ3n) is 3.18. The van der Waals surface area contributed by atoms with Gasteiger partial charge in [0.15, 0.2) is 5.69 Å². The van der Waals surface area contributed by atoms with E-state index in [1.54, 1.807) is 18.2 Å². The highest BCUT2D eigenvalue weighted by Crippen LogP contribution is 2.25. The molecule has 8 nitrogen and oxygen atoms in total. The van der Waals surface area contributed by atoms with Crippen molar-refractivity contribution in [2.24, 2.45) is 5.14 Å². The summed E-state index contributed by atoms with van der Waals surface area (Å²) in [4.78, 5) is 4.25. The van der Waals surface area contributed by atoms with Crippen LogP contribution in [0.3, 0.4) is 0 Å². The zero-order valence-corrected chi connectivity index (χ0v) is 13.2. The van der Waals surface area contributed by atoms with Crippen molar-refractivity contribution in [3.63, 3.8) is 0 Å². The predicted molar refractivity (Wildman–Crippen MR) is 80.7 cm³/mol. The Kier molecular flexibility index (Phi) is 3.74. The third-order valence-corrected chi connectivity index (χ3v) is 4.11. The molecule has 0 aliphatic heterocycles. The molecule has 2 heterocycles. The van der Waals surface area contributed by atoms with Gasteiger partial charge in [0.2, 0.25) is 15.8 Å². The van der Waals surface area contributed by atoms with E-state index in [2.05, 4.69) is 15.3 Å². The molecule has 0 aliphatic rings. The maximum atomic E-state index is 11.2. The summed E-state index contributed by atoms with van der Waals surface area (Å²) in [5, 5.41) is 12.8. The van der Waals surface area contributed by atoms with Crippen LogP contribution in [0.15, 0.2) is 44.3 Å². The highest BCUT2D eigenvalue weighted by Gasteiger charge is 2.17. The fourth-order valence-corrected chi connectivity index (χ4v) is 2.42. The van der Waals surface area contributed by atoms with Crippen molar-refractivity contribution < 1.29 is 17.5 Å². The molecule has 23 heavy (non-hydrogen) atoms. The van der Waals surface area contributed by atoms with Gasteiger partial charge in [0, 0.05) is 17.5 Å². The lowest BCUT2D eigenvalue weighted by atomic mass is 10.1. The van der Waals surface area contributed by atoms with Crippen LogP contribution in [-0.2, 0) is 10.0 Å². The molecule has 2 aromatic heterocycles. The summed E-state index contributed by atoms with van der Waals surface area (Å²) in [5.74, 6) is 1.46. The first-order valence-electron chi connectivity index (χ1n) is 6.78. The molecule has 0 fully saturated rings. The molecule has 0 bridgehead atoms. The molecule has 120 valence electrons. The van der Waals surface area contributed by atoms with Crippen LogP contribution < -0.4 is 5.14 Å². The Balaban J connectivity index is 1.89. The van der Waals surface area contributed by atoms with Gasteiger partial charge in [0.1, 0.15) is 5.76 Å². The van der Waals surface area contributed by atoms with E-state index in [4.69, 9.17) is 14.2 Å². The lowest BCUT2D eigenvalue weighted by Crippen LogP contribution is -2.11. The SMILES string of the molecule is CC(C)c1cc(-c2nc(-c3ccc(S(N)(=O)=O)cc3)no2)no1. The summed E-state index contributed by atoms with van der Waals surface area (Å²) in [6.45, 7) is 3.97. The summed E-state index contributed by atoms with van der Waals surface area (Å²) in [6, 6.07) is 7.61. The fourth-order valence-electron chi connectivity index (χ4n) is 1.90. The zero-order chi connectivity index (χ0) is 16.6. The lowest BCUT2D eigenvalue weighted by Gasteiger charge is -1.98. The van der Waals surface area contributed by atoms with Crippen LogP contribution >= 0.6 is 0 Å². The van der Waals surface area contributed by atoms with Gasteiger partial charge in [-0.05, 0) is 24.3 Å². The highest BCUT2D eigenvalue weighted by atomic mass is 32.2. The molecule has 0 amide bonds. The molecule has 0 radical (unpaired) electrons. The molecular weight excluding hydrogens is 320 g/mol. The fraction of sp³-hybridized carbons (Fsp3) is 0.214. The van der Waals surface area contributed by atoms with E-state index in [0.29, 0.717) is 17.1 Å². The number of hydrogen-bond acceptors (Lipinski definition) is 7. The van der Waals surface area contributed by atoms with Crippen LogP contribution in [0, 0.1) is 0 Å². The average Bonchev–Trinajstić information content (AvgIpc) is 3.15. The maximum Gasteiger partial charge on any atom is 0.280 e. The third kappa shape index (κ3) is 3.15. The van der Waals surface area contributed by atoms with Gasteiger partial charge >= 0.3 is 0 Å². The van der Waals surface area contributed by atoms with E-state index in [1.165, 1.54) is 12.1 Å². The Morgan fingerprint density at radius 2 is 1.78 bits per heavy atom. The molecular formula is C14H14N4O4S. The standard InChI is InChI=1S/C14H14N4O4S/c1-8(2)12-7-11(17-21-12)14-16-13(18-22-14)9-3-5-10(6-4-9)23(15,19)20/h3-8H,1-2H3,(H2,15,19,20). The van der Waals surface area contributed by atoms with Crippen molar-refractivity contribution in [2.45, 2.75) is 24.7 Å². The number of sulfonamides is 1. The van der Waals surface area contributed by atoms with Crippen molar-refractivity contribution in [1.29, 1.82) is 0 Å². The summed E-state index contributed by atoms with van der Waals surface area (Å²) >= 11 is 0. The highest BCUT2D eigenvalue weighted by molar-refractivity contribution is 7.89. The second-order valence-corrected chi connectivity index (χ2v) is 6.82. The number of nitrogens with zero attached hydrogens (tertiary/aromatic N) is 3. The zero-order valence-electron chi connectivity index (χ0n) is 12.4. The van der Waals surface area contributed by atoms with E-state index in [1.807, 2.05) is 13.8 Å². The smallest absolute Gasteiger partial charge is 0.280 e. The largest absolute Gasteiger partial charge is 0.360 e. The maximum absolute atomic E-state index is 11.2. The average molecular weight is 334 g/mol. The quantitative estimate of drug-likeness (QED) is 0.774. The number of nitrogens with two attached hydrogens (primary N) is 1. The van der Waals surface area contributed by atoms with Crippen LogP contribution in [0.1, 0.15) is 25.5 Å². The monoisotopic (exact) mass is 334 g/mol. The van der Waals surface area contributed by atoms with Crippen molar-refractivity contribution >= 4 is 10.0 Å². The Morgan fingerprint density at radius 3 is 2.35 bits per heavy atom. The van der Waals surface area contributed by atoms with Crippen molar-refractivity contribution in [3.05, 3.63) is 36.1 Å². The number of primary sulfonamides is 1. The minimum absolute atomic E-state index is 0.0167. The van der Waals surface area contributed by atoms with Crippen molar-refractivity contribution in [1.82, 2.24) is 15.3 Å². The first kappa shape index (κ1) is 15.4. The van der Waals surface area contributed by atoms with E-state index in [0.717, 1.165) is 5.76 Å². The number of hydrogen-bond donors (Lipinski definition) is 1. The summed E-state index contributed by atoms with van der Waals surface area (Å²) in [6.07, 6.45) is 0. The van der Waals surface area contributed by atoms with Crippen LogP contribution in [0.2, 0.25) is 0 Å². The molecule has 0 saturated carbocycles. The predicted octanol–water partition coefficient (Wildman–Crippen LogP) is 2.16. The second-order valence-electron chi connectivity index (χ2n) is 5.26. The molecule has 0 spiro atoms. The van der Waals surface area contributed by atoms with Gasteiger partial charge in [0.05, 0.1) is 4.90 Å². The lowest BCUT2D eigenvalue weighted by molar-refractivity contribution is 0.368. The number of benzene rings is 1. The Morgan fingerprint density at radius 1 is 1.09 bits per heavy atom. The molecule has 0 aliphatic carbocycles. The van der Waals surface area contributed by atoms with E-state index in [-0.39, 0.29) is 16.7 Å². The molecule has 0 unspecified atom stereocenters. The van der Waals surface area contributed by atoms with Crippen LogP contribution in [0.25, 0.3) is 23.0 Å². The molecule has 9 heteroatoms. The van der Waals surface area contributed by atoms with Crippen LogP contribution in [0.4, 0.5) is 0 Å². The Labute approximate surface area is 132 Å². The van der Waals surface area contributed by atoms with Gasteiger partial charge in [0.25, 0.3) is 5.89 Å². The van der Waals surface area contributed by atoms with Gasteiger partial charge < -0.3 is 9.05 Å². The number of rotatable bonds is 4. The van der Waals surface area contributed by atoms with Crippen LogP contribution in [0.5, 0.6) is 0 Å². The van der Waals surface area contributed by atoms with Gasteiger partial charge in [-0.25, -0.2) is 13.6 Å². The van der Waals surface area contributed by atoms with Gasteiger partial charge in [-0.15, -0.1) is 0 Å². The van der Waals surface area contributed by atoms with E-state index in [9.17, 15) is 8.42 Å². The Hall–Kier alpha value is -2.52. The molecule has 2 N–H and O–H groups in total. The van der Waals surface area contributed by atoms with Gasteiger partial charge in [-0.2, -0.15) is 4.98 Å². The van der Waals surface area contributed by atoms with E-state index < -0.39 is 10.0 Å². The number of aromatic nitrogens is 3. The molecule has 0 saturated heterocycles. The van der Waals surface area contributed by atoms with Gasteiger partial charge in [-0.3, -0.25) is 0 Å². The topological polar surface area (TPSA) is 125 Å². The normalized spacial score (nSPS) is 12.0. The molecule has 0 atom stereocenters. The first-order chi connectivity index (χ1) is 10.8. The van der Waals surface area contributed by atoms with Gasteiger partial charge in [-0.1, -0.05) is 24.2 Å². The van der Waals surface area contributed by atoms with Crippen molar-refractivity contribution in [3.8, 4) is 23.0 Å². The molecule has 3 aromatic rings. The first-order valence-corrected chi connectivity index (χ1v) is 8.33. The van der Waals surface area contributed by atoms with E-state index >= 15 is 0 Å².